The quantitative estimate of drug-likeness (QED) is 0.711. The van der Waals surface area contributed by atoms with Gasteiger partial charge in [0.05, 0.1) is 11.7 Å². The summed E-state index contributed by atoms with van der Waals surface area (Å²) in [6.07, 6.45) is -2.16. The monoisotopic (exact) mass is 303 g/mol. The van der Waals surface area contributed by atoms with Gasteiger partial charge in [0, 0.05) is 12.6 Å². The van der Waals surface area contributed by atoms with Gasteiger partial charge in [-0.1, -0.05) is 12.1 Å². The molecule has 0 bridgehead atoms. The molecule has 0 fully saturated rings. The maximum Gasteiger partial charge on any atom is 0.416 e. The van der Waals surface area contributed by atoms with Crippen LogP contribution >= 0.6 is 0 Å². The number of benzene rings is 1. The van der Waals surface area contributed by atoms with Crippen LogP contribution in [0.4, 0.5) is 13.2 Å². The van der Waals surface area contributed by atoms with Gasteiger partial charge in [-0.15, -0.1) is 0 Å². The van der Waals surface area contributed by atoms with E-state index in [-0.39, 0.29) is 12.1 Å². The Kier molecular flexibility index (Phi) is 7.18. The van der Waals surface area contributed by atoms with Crippen molar-refractivity contribution in [2.75, 3.05) is 13.2 Å². The average molecular weight is 303 g/mol. The van der Waals surface area contributed by atoms with Crippen LogP contribution in [-0.2, 0) is 10.9 Å². The molecule has 1 rings (SSSR count). The molecule has 0 aliphatic heterocycles. The minimum absolute atomic E-state index is 0.0988. The highest BCUT2D eigenvalue weighted by Gasteiger charge is 2.30. The van der Waals surface area contributed by atoms with E-state index >= 15 is 0 Å². The topological polar surface area (TPSA) is 21.3 Å². The molecule has 21 heavy (non-hydrogen) atoms. The first-order chi connectivity index (χ1) is 9.80. The third-order valence-electron chi connectivity index (χ3n) is 3.19. The summed E-state index contributed by atoms with van der Waals surface area (Å²) >= 11 is 0. The summed E-state index contributed by atoms with van der Waals surface area (Å²) in [7, 11) is 0. The maximum absolute atomic E-state index is 12.7. The third kappa shape index (κ3) is 6.96. The molecule has 1 atom stereocenters. The third-order valence-corrected chi connectivity index (χ3v) is 3.19. The molecule has 5 heteroatoms. The Morgan fingerprint density at radius 3 is 2.48 bits per heavy atom. The van der Waals surface area contributed by atoms with Crippen molar-refractivity contribution >= 4 is 0 Å². The second kappa shape index (κ2) is 8.39. The largest absolute Gasteiger partial charge is 0.416 e. The molecule has 1 N–H and O–H groups in total. The second-order valence-corrected chi connectivity index (χ2v) is 5.43. The zero-order chi connectivity index (χ0) is 15.9. The first-order valence-corrected chi connectivity index (χ1v) is 7.33. The molecule has 0 radical (unpaired) electrons. The van der Waals surface area contributed by atoms with Crippen molar-refractivity contribution in [1.82, 2.24) is 5.32 Å². The number of nitrogens with one attached hydrogen (secondary N) is 1. The molecular formula is C16H24F3NO. The second-order valence-electron chi connectivity index (χ2n) is 5.43. The van der Waals surface area contributed by atoms with Crippen molar-refractivity contribution in [1.29, 1.82) is 0 Å². The molecule has 0 aromatic heterocycles. The van der Waals surface area contributed by atoms with E-state index in [0.29, 0.717) is 5.56 Å². The molecule has 0 saturated heterocycles. The molecule has 2 nitrogen and oxygen atoms in total. The van der Waals surface area contributed by atoms with Crippen LogP contribution in [0.15, 0.2) is 24.3 Å². The van der Waals surface area contributed by atoms with Crippen LogP contribution in [0.1, 0.15) is 50.8 Å². The Morgan fingerprint density at radius 1 is 1.14 bits per heavy atom. The minimum Gasteiger partial charge on any atom is -0.379 e. The Balaban J connectivity index is 2.37. The predicted molar refractivity (Wildman–Crippen MR) is 78.2 cm³/mol. The van der Waals surface area contributed by atoms with Crippen LogP contribution < -0.4 is 5.32 Å². The molecule has 1 aromatic carbocycles. The van der Waals surface area contributed by atoms with Crippen LogP contribution in [0, 0.1) is 0 Å². The standard InChI is InChI=1S/C16H24F3NO/c1-12(2)21-10-5-4-9-20-13(3)14-7-6-8-15(11-14)16(17,18)19/h6-8,11-13,20H,4-5,9-10H2,1-3H3. The van der Waals surface area contributed by atoms with E-state index in [2.05, 4.69) is 5.32 Å². The zero-order valence-corrected chi connectivity index (χ0v) is 12.8. The van der Waals surface area contributed by atoms with E-state index < -0.39 is 11.7 Å². The molecule has 0 saturated carbocycles. The van der Waals surface area contributed by atoms with Gasteiger partial charge in [0.15, 0.2) is 0 Å². The van der Waals surface area contributed by atoms with Gasteiger partial charge in [-0.25, -0.2) is 0 Å². The summed E-state index contributed by atoms with van der Waals surface area (Å²) in [5, 5.41) is 3.24. The van der Waals surface area contributed by atoms with E-state index in [1.165, 1.54) is 12.1 Å². The van der Waals surface area contributed by atoms with Gasteiger partial charge in [-0.05, 0) is 57.9 Å². The highest BCUT2D eigenvalue weighted by molar-refractivity contribution is 5.27. The molecule has 0 aliphatic rings. The van der Waals surface area contributed by atoms with Gasteiger partial charge in [0.2, 0.25) is 0 Å². The number of alkyl halides is 3. The van der Waals surface area contributed by atoms with Crippen molar-refractivity contribution in [2.45, 2.75) is 51.9 Å². The fraction of sp³-hybridized carbons (Fsp3) is 0.625. The van der Waals surface area contributed by atoms with Crippen LogP contribution in [0.3, 0.4) is 0 Å². The lowest BCUT2D eigenvalue weighted by Crippen LogP contribution is -2.21. The smallest absolute Gasteiger partial charge is 0.379 e. The fourth-order valence-corrected chi connectivity index (χ4v) is 1.97. The summed E-state index contributed by atoms with van der Waals surface area (Å²) in [6, 6.07) is 5.37. The van der Waals surface area contributed by atoms with E-state index in [4.69, 9.17) is 4.74 Å². The number of unbranched alkanes of at least 4 members (excludes halogenated alkanes) is 1. The van der Waals surface area contributed by atoms with Crippen LogP contribution in [0.2, 0.25) is 0 Å². The SMILES string of the molecule is CC(C)OCCCCNC(C)c1cccc(C(F)(F)F)c1. The molecule has 0 aliphatic carbocycles. The lowest BCUT2D eigenvalue weighted by molar-refractivity contribution is -0.137. The van der Waals surface area contributed by atoms with E-state index in [1.807, 2.05) is 20.8 Å². The number of rotatable bonds is 8. The molecule has 0 amide bonds. The summed E-state index contributed by atoms with van der Waals surface area (Å²) in [5.41, 5.74) is 0.0576. The zero-order valence-electron chi connectivity index (χ0n) is 12.8. The van der Waals surface area contributed by atoms with Gasteiger partial charge in [0.25, 0.3) is 0 Å². The predicted octanol–water partition coefficient (Wildman–Crippen LogP) is 4.56. The summed E-state index contributed by atoms with van der Waals surface area (Å²) in [4.78, 5) is 0. The molecule has 120 valence electrons. The van der Waals surface area contributed by atoms with E-state index in [0.717, 1.165) is 32.1 Å². The number of hydrogen-bond donors (Lipinski definition) is 1. The molecule has 1 aromatic rings. The lowest BCUT2D eigenvalue weighted by atomic mass is 10.0. The fourth-order valence-electron chi connectivity index (χ4n) is 1.97. The van der Waals surface area contributed by atoms with Crippen molar-refractivity contribution < 1.29 is 17.9 Å². The summed E-state index contributed by atoms with van der Waals surface area (Å²) in [6.45, 7) is 7.35. The Labute approximate surface area is 124 Å². The minimum atomic E-state index is -4.29. The first-order valence-electron chi connectivity index (χ1n) is 7.33. The summed E-state index contributed by atoms with van der Waals surface area (Å²) in [5.74, 6) is 0. The van der Waals surface area contributed by atoms with Gasteiger partial charge in [0.1, 0.15) is 0 Å². The number of ether oxygens (including phenoxy) is 1. The number of hydrogen-bond acceptors (Lipinski definition) is 2. The van der Waals surface area contributed by atoms with Crippen molar-refractivity contribution in [3.8, 4) is 0 Å². The Bertz CT molecular complexity index is 418. The molecule has 0 spiro atoms. The molecular weight excluding hydrogens is 279 g/mol. The Morgan fingerprint density at radius 2 is 1.86 bits per heavy atom. The van der Waals surface area contributed by atoms with E-state index in [9.17, 15) is 13.2 Å². The van der Waals surface area contributed by atoms with Crippen LogP contribution in [-0.4, -0.2) is 19.3 Å². The van der Waals surface area contributed by atoms with Crippen LogP contribution in [0.5, 0.6) is 0 Å². The van der Waals surface area contributed by atoms with Crippen molar-refractivity contribution in [3.63, 3.8) is 0 Å². The van der Waals surface area contributed by atoms with Gasteiger partial charge in [-0.3, -0.25) is 0 Å². The number of halogens is 3. The normalized spacial score (nSPS) is 13.7. The van der Waals surface area contributed by atoms with Crippen molar-refractivity contribution in [2.24, 2.45) is 0 Å². The lowest BCUT2D eigenvalue weighted by Gasteiger charge is -2.16. The summed E-state index contributed by atoms with van der Waals surface area (Å²) < 4.78 is 43.4. The van der Waals surface area contributed by atoms with Gasteiger partial charge >= 0.3 is 6.18 Å². The maximum atomic E-state index is 12.7. The van der Waals surface area contributed by atoms with Gasteiger partial charge < -0.3 is 10.1 Å². The highest BCUT2D eigenvalue weighted by Crippen LogP contribution is 2.30. The van der Waals surface area contributed by atoms with Crippen LogP contribution in [0.25, 0.3) is 0 Å². The average Bonchev–Trinajstić information content (AvgIpc) is 2.41. The highest BCUT2D eigenvalue weighted by atomic mass is 19.4. The van der Waals surface area contributed by atoms with Crippen molar-refractivity contribution in [3.05, 3.63) is 35.4 Å². The van der Waals surface area contributed by atoms with E-state index in [1.54, 1.807) is 6.07 Å². The molecule has 0 heterocycles. The Hall–Kier alpha value is -1.07. The molecule has 1 unspecified atom stereocenters. The first kappa shape index (κ1) is 18.0. The van der Waals surface area contributed by atoms with Gasteiger partial charge in [-0.2, -0.15) is 13.2 Å².